The van der Waals surface area contributed by atoms with Crippen molar-refractivity contribution in [2.75, 3.05) is 13.1 Å². The van der Waals surface area contributed by atoms with Gasteiger partial charge in [0.1, 0.15) is 0 Å². The number of likely N-dealkylation sites (tertiary alicyclic amines) is 1. The molecule has 0 aromatic rings. The number of amides is 1. The quantitative estimate of drug-likeness (QED) is 0.708. The summed E-state index contributed by atoms with van der Waals surface area (Å²) < 4.78 is 26.7. The smallest absolute Gasteiger partial charge is 0.252 e. The minimum Gasteiger partial charge on any atom is -0.341 e. The van der Waals surface area contributed by atoms with E-state index < -0.39 is 17.9 Å². The first-order valence-corrected chi connectivity index (χ1v) is 5.34. The van der Waals surface area contributed by atoms with Crippen molar-refractivity contribution >= 4 is 5.91 Å². The van der Waals surface area contributed by atoms with Crippen LogP contribution in [0.3, 0.4) is 0 Å². The Balaban J connectivity index is 2.05. The second-order valence-electron chi connectivity index (χ2n) is 4.70. The minimum atomic E-state index is -2.59. The van der Waals surface area contributed by atoms with Gasteiger partial charge in [-0.1, -0.05) is 0 Å². The number of hydrogen-bond donors (Lipinski definition) is 1. The van der Waals surface area contributed by atoms with Gasteiger partial charge in [0.05, 0.1) is 6.04 Å². The van der Waals surface area contributed by atoms with Crippen LogP contribution in [-0.4, -0.2) is 35.9 Å². The average Bonchev–Trinajstić information content (AvgIpc) is 2.66. The molecular formula is C10H16F2N2O. The van der Waals surface area contributed by atoms with Crippen molar-refractivity contribution < 1.29 is 13.6 Å². The second kappa shape index (κ2) is 3.40. The topological polar surface area (TPSA) is 46.3 Å². The number of halogens is 2. The van der Waals surface area contributed by atoms with Gasteiger partial charge in [-0.05, 0) is 19.3 Å². The number of nitrogens with two attached hydrogens (primary N) is 1. The Labute approximate surface area is 87.6 Å². The number of alkyl halides is 2. The van der Waals surface area contributed by atoms with E-state index in [2.05, 4.69) is 0 Å². The summed E-state index contributed by atoms with van der Waals surface area (Å²) >= 11 is 0. The third-order valence-electron chi connectivity index (χ3n) is 3.53. The summed E-state index contributed by atoms with van der Waals surface area (Å²) in [5, 5.41) is 0. The van der Waals surface area contributed by atoms with Crippen molar-refractivity contribution in [3.63, 3.8) is 0 Å². The summed E-state index contributed by atoms with van der Waals surface area (Å²) in [4.78, 5) is 13.0. The molecule has 15 heavy (non-hydrogen) atoms. The zero-order valence-electron chi connectivity index (χ0n) is 8.75. The van der Waals surface area contributed by atoms with Crippen molar-refractivity contribution in [3.8, 4) is 0 Å². The van der Waals surface area contributed by atoms with Gasteiger partial charge in [-0.25, -0.2) is 8.78 Å². The molecule has 0 spiro atoms. The van der Waals surface area contributed by atoms with E-state index in [9.17, 15) is 13.6 Å². The lowest BCUT2D eigenvalue weighted by Gasteiger charge is -2.21. The van der Waals surface area contributed by atoms with Crippen LogP contribution >= 0.6 is 0 Å². The predicted octanol–water partition coefficient (Wildman–Crippen LogP) is 0.837. The first-order valence-electron chi connectivity index (χ1n) is 5.34. The normalized spacial score (nSPS) is 35.3. The summed E-state index contributed by atoms with van der Waals surface area (Å²) in [5.74, 6) is -3.46. The van der Waals surface area contributed by atoms with Crippen LogP contribution in [0.5, 0.6) is 0 Å². The van der Waals surface area contributed by atoms with Crippen LogP contribution in [0.25, 0.3) is 0 Å². The molecule has 3 nitrogen and oxygen atoms in total. The van der Waals surface area contributed by atoms with Crippen molar-refractivity contribution in [3.05, 3.63) is 0 Å². The third-order valence-corrected chi connectivity index (χ3v) is 3.53. The monoisotopic (exact) mass is 218 g/mol. The summed E-state index contributed by atoms with van der Waals surface area (Å²) in [6, 6.07) is -0.586. The molecule has 0 aromatic heterocycles. The minimum absolute atomic E-state index is 0.0253. The zero-order chi connectivity index (χ0) is 11.2. The van der Waals surface area contributed by atoms with Gasteiger partial charge >= 0.3 is 0 Å². The second-order valence-corrected chi connectivity index (χ2v) is 4.70. The lowest BCUT2D eigenvalue weighted by atomic mass is 9.99. The molecule has 2 rings (SSSR count). The van der Waals surface area contributed by atoms with Crippen LogP contribution in [0, 0.1) is 11.8 Å². The molecule has 3 atom stereocenters. The maximum atomic E-state index is 13.4. The predicted molar refractivity (Wildman–Crippen MR) is 51.4 cm³/mol. The summed E-state index contributed by atoms with van der Waals surface area (Å²) in [7, 11) is 0. The maximum Gasteiger partial charge on any atom is 0.252 e. The third kappa shape index (κ3) is 1.73. The fraction of sp³-hybridized carbons (Fsp3) is 0.900. The van der Waals surface area contributed by atoms with Gasteiger partial charge in [0.2, 0.25) is 5.91 Å². The van der Waals surface area contributed by atoms with Crippen LogP contribution in [0.2, 0.25) is 0 Å². The summed E-state index contributed by atoms with van der Waals surface area (Å²) in [6.07, 6.45) is 0.503. The van der Waals surface area contributed by atoms with Crippen molar-refractivity contribution in [1.82, 2.24) is 4.90 Å². The number of carbonyl (C=O) groups excluding carboxylic acids is 1. The van der Waals surface area contributed by atoms with E-state index in [0.29, 0.717) is 13.0 Å². The van der Waals surface area contributed by atoms with Gasteiger partial charge in [-0.3, -0.25) is 4.79 Å². The molecule has 1 aliphatic carbocycles. The molecule has 0 bridgehead atoms. The number of hydrogen-bond acceptors (Lipinski definition) is 2. The van der Waals surface area contributed by atoms with Gasteiger partial charge in [-0.2, -0.15) is 0 Å². The van der Waals surface area contributed by atoms with Crippen molar-refractivity contribution in [1.29, 1.82) is 0 Å². The molecule has 1 saturated heterocycles. The van der Waals surface area contributed by atoms with Crippen LogP contribution in [0.15, 0.2) is 0 Å². The van der Waals surface area contributed by atoms with E-state index in [4.69, 9.17) is 5.73 Å². The van der Waals surface area contributed by atoms with E-state index in [1.165, 1.54) is 4.90 Å². The molecule has 1 aliphatic heterocycles. The molecule has 0 radical (unpaired) electrons. The standard InChI is InChI=1S/C10H16F2N2O/c1-6(13)9(15)14-4-7-2-3-10(11,12)8(7)5-14/h6-8H,2-5,13H2,1H3/t6-,7+,8-/m0/s1. The molecule has 0 unspecified atom stereocenters. The first kappa shape index (κ1) is 10.8. The van der Waals surface area contributed by atoms with E-state index >= 15 is 0 Å². The zero-order valence-corrected chi connectivity index (χ0v) is 8.75. The molecule has 0 aromatic carbocycles. The van der Waals surface area contributed by atoms with E-state index in [1.807, 2.05) is 0 Å². The summed E-state index contributed by atoms with van der Waals surface area (Å²) in [6.45, 7) is 2.23. The van der Waals surface area contributed by atoms with E-state index in [0.717, 1.165) is 0 Å². The molecule has 2 N–H and O–H groups in total. The van der Waals surface area contributed by atoms with Crippen molar-refractivity contribution in [2.45, 2.75) is 31.7 Å². The average molecular weight is 218 g/mol. The van der Waals surface area contributed by atoms with Gasteiger partial charge in [0, 0.05) is 25.4 Å². The lowest BCUT2D eigenvalue weighted by molar-refractivity contribution is -0.132. The van der Waals surface area contributed by atoms with E-state index in [-0.39, 0.29) is 24.8 Å². The highest BCUT2D eigenvalue weighted by Crippen LogP contribution is 2.48. The highest BCUT2D eigenvalue weighted by atomic mass is 19.3. The molecule has 1 heterocycles. The molecule has 5 heteroatoms. The van der Waals surface area contributed by atoms with E-state index in [1.54, 1.807) is 6.92 Å². The molecule has 1 amide bonds. The van der Waals surface area contributed by atoms with Gasteiger partial charge < -0.3 is 10.6 Å². The Kier molecular flexibility index (Phi) is 2.45. The highest BCUT2D eigenvalue weighted by Gasteiger charge is 2.54. The molecule has 2 aliphatic rings. The Hall–Kier alpha value is -0.710. The Morgan fingerprint density at radius 2 is 2.20 bits per heavy atom. The van der Waals surface area contributed by atoms with Gasteiger partial charge in [0.15, 0.2) is 0 Å². The Morgan fingerprint density at radius 3 is 2.73 bits per heavy atom. The van der Waals surface area contributed by atoms with Crippen LogP contribution in [-0.2, 0) is 4.79 Å². The van der Waals surface area contributed by atoms with Crippen LogP contribution in [0.1, 0.15) is 19.8 Å². The first-order chi connectivity index (χ1) is 6.92. The maximum absolute atomic E-state index is 13.4. The van der Waals surface area contributed by atoms with Crippen LogP contribution < -0.4 is 5.73 Å². The summed E-state index contributed by atoms with van der Waals surface area (Å²) in [5.41, 5.74) is 5.46. The van der Waals surface area contributed by atoms with Crippen molar-refractivity contribution in [2.24, 2.45) is 17.6 Å². The molecule has 86 valence electrons. The Bertz CT molecular complexity index is 281. The molecular weight excluding hydrogens is 202 g/mol. The molecule has 1 saturated carbocycles. The number of nitrogens with zero attached hydrogens (tertiary/aromatic N) is 1. The van der Waals surface area contributed by atoms with Gasteiger partial charge in [0.25, 0.3) is 5.92 Å². The Morgan fingerprint density at radius 1 is 1.53 bits per heavy atom. The lowest BCUT2D eigenvalue weighted by Crippen LogP contribution is -2.42. The SMILES string of the molecule is C[C@H](N)C(=O)N1C[C@H]2CCC(F)(F)[C@H]2C1. The molecule has 2 fully saturated rings. The fourth-order valence-corrected chi connectivity index (χ4v) is 2.67. The van der Waals surface area contributed by atoms with Gasteiger partial charge in [-0.15, -0.1) is 0 Å². The largest absolute Gasteiger partial charge is 0.341 e. The number of rotatable bonds is 1. The highest BCUT2D eigenvalue weighted by molar-refractivity contribution is 5.81. The number of fused-ring (bicyclic) bond motifs is 1. The fourth-order valence-electron chi connectivity index (χ4n) is 2.67. The van der Waals surface area contributed by atoms with Crippen LogP contribution in [0.4, 0.5) is 8.78 Å². The number of carbonyl (C=O) groups is 1.